The Balaban J connectivity index is 3.01. The number of hydrogen-bond donors (Lipinski definition) is 2. The van der Waals surface area contributed by atoms with Gasteiger partial charge in [0.1, 0.15) is 6.61 Å². The van der Waals surface area contributed by atoms with Crippen molar-refractivity contribution in [1.82, 2.24) is 9.97 Å². The van der Waals surface area contributed by atoms with E-state index in [0.717, 1.165) is 0 Å². The van der Waals surface area contributed by atoms with Gasteiger partial charge in [-0.05, 0) is 0 Å². The third-order valence-corrected chi connectivity index (χ3v) is 1.56. The molecule has 1 heterocycles. The van der Waals surface area contributed by atoms with Gasteiger partial charge in [-0.2, -0.15) is 18.2 Å². The Bertz CT molecular complexity index is 357. The molecule has 5 nitrogen and oxygen atoms in total. The van der Waals surface area contributed by atoms with Crippen LogP contribution in [0, 0.1) is 0 Å². The molecule has 90 valence electrons. The molecule has 16 heavy (non-hydrogen) atoms. The molecule has 1 aromatic rings. The number of anilines is 1. The molecule has 0 fully saturated rings. The molecule has 0 bridgehead atoms. The zero-order valence-corrected chi connectivity index (χ0v) is 8.38. The highest BCUT2D eigenvalue weighted by molar-refractivity contribution is 5.31. The lowest BCUT2D eigenvalue weighted by atomic mass is 10.4. The Kier molecular flexibility index (Phi) is 3.88. The molecule has 1 aromatic heterocycles. The summed E-state index contributed by atoms with van der Waals surface area (Å²) in [6, 6.07) is 0.677. The van der Waals surface area contributed by atoms with Gasteiger partial charge in [-0.15, -0.1) is 0 Å². The SMILES string of the molecule is CNc1nc(OCCO)cc(C(F)(F)F)n1. The molecule has 0 aromatic carbocycles. The summed E-state index contributed by atoms with van der Waals surface area (Å²) in [5, 5.41) is 10.9. The highest BCUT2D eigenvalue weighted by atomic mass is 19.4. The lowest BCUT2D eigenvalue weighted by Gasteiger charge is -2.10. The summed E-state index contributed by atoms with van der Waals surface area (Å²) < 4.78 is 41.9. The van der Waals surface area contributed by atoms with Crippen molar-refractivity contribution in [3.05, 3.63) is 11.8 Å². The molecule has 8 heteroatoms. The van der Waals surface area contributed by atoms with E-state index in [-0.39, 0.29) is 25.0 Å². The molecule has 0 aliphatic heterocycles. The van der Waals surface area contributed by atoms with Gasteiger partial charge >= 0.3 is 6.18 Å². The van der Waals surface area contributed by atoms with Gasteiger partial charge in [0.05, 0.1) is 6.61 Å². The van der Waals surface area contributed by atoms with Gasteiger partial charge in [-0.1, -0.05) is 0 Å². The number of rotatable bonds is 4. The predicted molar refractivity (Wildman–Crippen MR) is 49.2 cm³/mol. The van der Waals surface area contributed by atoms with E-state index < -0.39 is 11.9 Å². The van der Waals surface area contributed by atoms with Crippen LogP contribution in [-0.2, 0) is 6.18 Å². The van der Waals surface area contributed by atoms with Crippen LogP contribution >= 0.6 is 0 Å². The summed E-state index contributed by atoms with van der Waals surface area (Å²) in [7, 11) is 1.39. The predicted octanol–water partition coefficient (Wildman–Crippen LogP) is 0.908. The number of aliphatic hydroxyl groups is 1. The van der Waals surface area contributed by atoms with Gasteiger partial charge in [-0.25, -0.2) is 4.98 Å². The molecule has 0 saturated carbocycles. The molecule has 0 unspecified atom stereocenters. The Labute approximate surface area is 89.3 Å². The van der Waals surface area contributed by atoms with Gasteiger partial charge in [0.2, 0.25) is 11.8 Å². The van der Waals surface area contributed by atoms with Crippen LogP contribution in [0.1, 0.15) is 5.69 Å². The minimum Gasteiger partial charge on any atom is -0.475 e. The van der Waals surface area contributed by atoms with Crippen molar-refractivity contribution in [2.45, 2.75) is 6.18 Å². The minimum atomic E-state index is -4.56. The lowest BCUT2D eigenvalue weighted by molar-refractivity contribution is -0.141. The summed E-state index contributed by atoms with van der Waals surface area (Å²) in [5.74, 6) is -0.427. The Morgan fingerprint density at radius 2 is 2.12 bits per heavy atom. The van der Waals surface area contributed by atoms with Gasteiger partial charge < -0.3 is 15.2 Å². The first-order valence-corrected chi connectivity index (χ1v) is 4.35. The average Bonchev–Trinajstić information content (AvgIpc) is 2.24. The molecule has 2 N–H and O–H groups in total. The Hall–Kier alpha value is -1.57. The van der Waals surface area contributed by atoms with E-state index in [1.165, 1.54) is 7.05 Å². The van der Waals surface area contributed by atoms with Crippen molar-refractivity contribution in [1.29, 1.82) is 0 Å². The summed E-state index contributed by atoms with van der Waals surface area (Å²) >= 11 is 0. The molecule has 0 amide bonds. The third kappa shape index (κ3) is 3.23. The van der Waals surface area contributed by atoms with E-state index >= 15 is 0 Å². The first-order valence-electron chi connectivity index (χ1n) is 4.35. The maximum Gasteiger partial charge on any atom is 0.433 e. The monoisotopic (exact) mass is 237 g/mol. The number of nitrogens with one attached hydrogen (secondary N) is 1. The normalized spacial score (nSPS) is 11.3. The molecular formula is C8H10F3N3O2. The van der Waals surface area contributed by atoms with Crippen LogP contribution < -0.4 is 10.1 Å². The zero-order valence-electron chi connectivity index (χ0n) is 8.38. The molecule has 0 aliphatic carbocycles. The maximum atomic E-state index is 12.4. The second kappa shape index (κ2) is 4.97. The van der Waals surface area contributed by atoms with Crippen molar-refractivity contribution >= 4 is 5.95 Å². The van der Waals surface area contributed by atoms with Crippen LogP contribution in [0.5, 0.6) is 5.88 Å². The number of aromatic nitrogens is 2. The van der Waals surface area contributed by atoms with Crippen LogP contribution in [0.25, 0.3) is 0 Å². The molecule has 0 atom stereocenters. The zero-order chi connectivity index (χ0) is 12.2. The van der Waals surface area contributed by atoms with Crippen LogP contribution in [0.2, 0.25) is 0 Å². The van der Waals surface area contributed by atoms with Gasteiger partial charge in [-0.3, -0.25) is 0 Å². The number of alkyl halides is 3. The fourth-order valence-electron chi connectivity index (χ4n) is 0.906. The third-order valence-electron chi connectivity index (χ3n) is 1.56. The van der Waals surface area contributed by atoms with E-state index in [4.69, 9.17) is 9.84 Å². The fourth-order valence-corrected chi connectivity index (χ4v) is 0.906. The Morgan fingerprint density at radius 1 is 1.44 bits per heavy atom. The van der Waals surface area contributed by atoms with Gasteiger partial charge in [0, 0.05) is 13.1 Å². The van der Waals surface area contributed by atoms with Crippen molar-refractivity contribution in [2.75, 3.05) is 25.6 Å². The number of ether oxygens (including phenoxy) is 1. The van der Waals surface area contributed by atoms with E-state index in [1.54, 1.807) is 0 Å². The summed E-state index contributed by atoms with van der Waals surface area (Å²) in [6.45, 7) is -0.433. The summed E-state index contributed by atoms with van der Waals surface area (Å²) in [5.41, 5.74) is -1.10. The van der Waals surface area contributed by atoms with E-state index in [1.807, 2.05) is 0 Å². The molecule has 0 spiro atoms. The number of hydrogen-bond acceptors (Lipinski definition) is 5. The fraction of sp³-hybridized carbons (Fsp3) is 0.500. The molecular weight excluding hydrogens is 227 g/mol. The van der Waals surface area contributed by atoms with Gasteiger partial charge in [0.15, 0.2) is 5.69 Å². The topological polar surface area (TPSA) is 67.3 Å². The first kappa shape index (κ1) is 12.5. The number of aliphatic hydroxyl groups excluding tert-OH is 1. The van der Waals surface area contributed by atoms with Crippen molar-refractivity contribution in [3.63, 3.8) is 0 Å². The van der Waals surface area contributed by atoms with Crippen LogP contribution in [-0.4, -0.2) is 35.3 Å². The smallest absolute Gasteiger partial charge is 0.433 e. The van der Waals surface area contributed by atoms with Crippen molar-refractivity contribution in [3.8, 4) is 5.88 Å². The summed E-state index contributed by atoms with van der Waals surface area (Å²) in [6.07, 6.45) is -4.56. The highest BCUT2D eigenvalue weighted by Gasteiger charge is 2.33. The second-order valence-corrected chi connectivity index (χ2v) is 2.73. The van der Waals surface area contributed by atoms with Crippen LogP contribution in [0.15, 0.2) is 6.07 Å². The van der Waals surface area contributed by atoms with Crippen molar-refractivity contribution < 1.29 is 23.0 Å². The van der Waals surface area contributed by atoms with E-state index in [0.29, 0.717) is 6.07 Å². The Morgan fingerprint density at radius 3 is 2.62 bits per heavy atom. The average molecular weight is 237 g/mol. The van der Waals surface area contributed by atoms with Crippen LogP contribution in [0.4, 0.5) is 19.1 Å². The quantitative estimate of drug-likeness (QED) is 0.814. The standard InChI is InChI=1S/C8H10F3N3O2/c1-12-7-13-5(8(9,10)11)4-6(14-7)16-3-2-15/h4,15H,2-3H2,1H3,(H,12,13,14). The summed E-state index contributed by atoms with van der Waals surface area (Å²) in [4.78, 5) is 6.89. The minimum absolute atomic E-state index is 0.128. The number of nitrogens with zero attached hydrogens (tertiary/aromatic N) is 2. The maximum absolute atomic E-state index is 12.4. The molecule has 0 aliphatic rings. The first-order chi connectivity index (χ1) is 7.47. The van der Waals surface area contributed by atoms with Crippen LogP contribution in [0.3, 0.4) is 0 Å². The van der Waals surface area contributed by atoms with E-state index in [2.05, 4.69) is 15.3 Å². The largest absolute Gasteiger partial charge is 0.475 e. The molecule has 0 radical (unpaired) electrons. The van der Waals surface area contributed by atoms with Crippen molar-refractivity contribution in [2.24, 2.45) is 0 Å². The lowest BCUT2D eigenvalue weighted by Crippen LogP contribution is -2.12. The van der Waals surface area contributed by atoms with Gasteiger partial charge in [0.25, 0.3) is 0 Å². The number of halogens is 3. The second-order valence-electron chi connectivity index (χ2n) is 2.73. The highest BCUT2D eigenvalue weighted by Crippen LogP contribution is 2.30. The molecule has 1 rings (SSSR count). The van der Waals surface area contributed by atoms with E-state index in [9.17, 15) is 13.2 Å². The molecule has 0 saturated heterocycles.